The average Bonchev–Trinajstić information content (AvgIpc) is 2.82. The van der Waals surface area contributed by atoms with Gasteiger partial charge in [-0.05, 0) is 28.7 Å². The van der Waals surface area contributed by atoms with Crippen LogP contribution in [-0.4, -0.2) is 45.1 Å². The molecule has 0 saturated carbocycles. The van der Waals surface area contributed by atoms with Crippen LogP contribution in [0.15, 0.2) is 84.9 Å². The van der Waals surface area contributed by atoms with Crippen LogP contribution in [0, 0.1) is 0 Å². The first kappa shape index (κ1) is 25.3. The Labute approximate surface area is 197 Å². The van der Waals surface area contributed by atoms with Crippen molar-refractivity contribution in [2.45, 2.75) is 24.9 Å². The van der Waals surface area contributed by atoms with Gasteiger partial charge in [0.25, 0.3) is 0 Å². The van der Waals surface area contributed by atoms with Gasteiger partial charge in [0.05, 0.1) is 12.3 Å². The van der Waals surface area contributed by atoms with Crippen LogP contribution in [0.25, 0.3) is 11.1 Å². The molecule has 34 heavy (non-hydrogen) atoms. The number of carbonyl (C=O) groups is 2. The van der Waals surface area contributed by atoms with Crippen molar-refractivity contribution in [1.82, 2.24) is 10.6 Å². The zero-order valence-electron chi connectivity index (χ0n) is 18.4. The molecule has 3 aromatic carbocycles. The van der Waals surface area contributed by atoms with Crippen LogP contribution in [0.2, 0.25) is 0 Å². The van der Waals surface area contributed by atoms with Crippen molar-refractivity contribution in [1.29, 1.82) is 0 Å². The third kappa shape index (κ3) is 7.93. The smallest absolute Gasteiger partial charge is 0.339 e. The molecule has 3 rings (SSSR count). The van der Waals surface area contributed by atoms with Crippen molar-refractivity contribution in [3.8, 4) is 11.1 Å². The highest BCUT2D eigenvalue weighted by Gasteiger charge is 2.27. The van der Waals surface area contributed by atoms with E-state index in [1.54, 1.807) is 24.3 Å². The number of hydrogen-bond donors (Lipinski definition) is 5. The summed E-state index contributed by atoms with van der Waals surface area (Å²) in [5.74, 6) is -1.85. The summed E-state index contributed by atoms with van der Waals surface area (Å²) in [6, 6.07) is 23.9. The van der Waals surface area contributed by atoms with E-state index in [0.29, 0.717) is 0 Å². The third-order valence-electron chi connectivity index (χ3n) is 5.26. The summed E-state index contributed by atoms with van der Waals surface area (Å²) in [6.07, 6.45) is -0.499. The van der Waals surface area contributed by atoms with Crippen LogP contribution in [0.1, 0.15) is 11.1 Å². The number of rotatable bonds is 11. The Morgan fingerprint density at radius 1 is 0.735 bits per heavy atom. The summed E-state index contributed by atoms with van der Waals surface area (Å²) in [5.41, 5.74) is 3.52. The molecule has 0 aliphatic heterocycles. The zero-order valence-corrected chi connectivity index (χ0v) is 19.3. The number of carbonyl (C=O) groups excluding carboxylic acids is 1. The van der Waals surface area contributed by atoms with Crippen LogP contribution < -0.4 is 10.6 Å². The van der Waals surface area contributed by atoms with Gasteiger partial charge < -0.3 is 20.2 Å². The average molecular weight is 482 g/mol. The monoisotopic (exact) mass is 482 g/mol. The lowest BCUT2D eigenvalue weighted by molar-refractivity contribution is -0.142. The quantitative estimate of drug-likeness (QED) is 0.265. The lowest BCUT2D eigenvalue weighted by Crippen LogP contribution is -2.52. The van der Waals surface area contributed by atoms with E-state index in [9.17, 15) is 29.0 Å². The molecule has 1 unspecified atom stereocenters. The maximum Gasteiger partial charge on any atom is 0.339 e. The lowest BCUT2D eigenvalue weighted by atomic mass is 10.00. The normalized spacial score (nSPS) is 13.1. The zero-order chi connectivity index (χ0) is 24.6. The molecule has 1 amide bonds. The summed E-state index contributed by atoms with van der Waals surface area (Å²) >= 11 is 0. The van der Waals surface area contributed by atoms with Crippen molar-refractivity contribution in [2.24, 2.45) is 0 Å². The van der Waals surface area contributed by atoms with E-state index in [0.717, 1.165) is 22.3 Å². The van der Waals surface area contributed by atoms with Gasteiger partial charge in [-0.3, -0.25) is 14.7 Å². The fourth-order valence-electron chi connectivity index (χ4n) is 3.51. The van der Waals surface area contributed by atoms with Gasteiger partial charge in [0.2, 0.25) is 5.91 Å². The third-order valence-corrected chi connectivity index (χ3v) is 5.85. The summed E-state index contributed by atoms with van der Waals surface area (Å²) in [7, 11) is -4.43. The maximum atomic E-state index is 13.0. The molecule has 9 heteroatoms. The Balaban J connectivity index is 1.74. The van der Waals surface area contributed by atoms with Gasteiger partial charge in [-0.1, -0.05) is 84.9 Å². The highest BCUT2D eigenvalue weighted by molar-refractivity contribution is 7.51. The Hall–Kier alpha value is -3.29. The molecular weight excluding hydrogens is 455 g/mol. The number of carboxylic acids is 1. The van der Waals surface area contributed by atoms with Crippen molar-refractivity contribution >= 4 is 19.5 Å². The van der Waals surface area contributed by atoms with E-state index in [2.05, 4.69) is 10.6 Å². The summed E-state index contributed by atoms with van der Waals surface area (Å²) in [4.78, 5) is 43.2. The predicted molar refractivity (Wildman–Crippen MR) is 129 cm³/mol. The molecule has 0 bridgehead atoms. The van der Waals surface area contributed by atoms with Gasteiger partial charge in [-0.25, -0.2) is 4.79 Å². The number of amides is 1. The molecule has 0 spiro atoms. The molecule has 3 aromatic rings. The molecule has 2 atom stereocenters. The minimum absolute atomic E-state index is 0.0822. The fraction of sp³-hybridized carbons (Fsp3) is 0.200. The topological polar surface area (TPSA) is 136 Å². The molecule has 0 radical (unpaired) electrons. The number of aliphatic carboxylic acids is 1. The molecule has 0 heterocycles. The van der Waals surface area contributed by atoms with Crippen LogP contribution >= 0.6 is 7.60 Å². The van der Waals surface area contributed by atoms with Gasteiger partial charge in [0, 0.05) is 6.42 Å². The van der Waals surface area contributed by atoms with Gasteiger partial charge in [-0.15, -0.1) is 0 Å². The van der Waals surface area contributed by atoms with E-state index in [1.165, 1.54) is 0 Å². The highest BCUT2D eigenvalue weighted by Crippen LogP contribution is 2.32. The van der Waals surface area contributed by atoms with Gasteiger partial charge in [0.15, 0.2) is 0 Å². The Bertz CT molecular complexity index is 1130. The molecule has 8 nitrogen and oxygen atoms in total. The van der Waals surface area contributed by atoms with Crippen molar-refractivity contribution in [3.63, 3.8) is 0 Å². The van der Waals surface area contributed by atoms with Gasteiger partial charge in [-0.2, -0.15) is 0 Å². The largest absolute Gasteiger partial charge is 0.480 e. The Morgan fingerprint density at radius 2 is 1.24 bits per heavy atom. The van der Waals surface area contributed by atoms with E-state index < -0.39 is 37.8 Å². The number of hydrogen-bond acceptors (Lipinski definition) is 4. The molecule has 0 saturated heterocycles. The van der Waals surface area contributed by atoms with Crippen molar-refractivity contribution in [2.75, 3.05) is 6.29 Å². The molecule has 178 valence electrons. The first-order chi connectivity index (χ1) is 16.2. The number of nitrogens with one attached hydrogen (secondary N) is 2. The van der Waals surface area contributed by atoms with E-state index in [-0.39, 0.29) is 12.8 Å². The summed E-state index contributed by atoms with van der Waals surface area (Å²) in [6.45, 7) is 0. The van der Waals surface area contributed by atoms with Crippen molar-refractivity contribution < 1.29 is 29.0 Å². The maximum absolute atomic E-state index is 13.0. The van der Waals surface area contributed by atoms with Crippen LogP contribution in [0.3, 0.4) is 0 Å². The Morgan fingerprint density at radius 3 is 1.79 bits per heavy atom. The van der Waals surface area contributed by atoms with E-state index in [1.807, 2.05) is 60.7 Å². The summed E-state index contributed by atoms with van der Waals surface area (Å²) in [5, 5.41) is 14.7. The fourth-order valence-corrected chi connectivity index (χ4v) is 3.97. The standard InChI is InChI=1S/C25H27N2O6P/c28-24(27-23(25(29)30)16-18-7-3-1-4-8-18)22(26-17-34(31,32)33)15-19-11-13-21(14-12-19)20-9-5-2-6-10-20/h1-14,22-23,26H,15-17H2,(H,27,28)(H,29,30)(H2,31,32,33)/t22?,23-/m0/s1. The second kappa shape index (κ2) is 11.7. The van der Waals surface area contributed by atoms with E-state index in [4.69, 9.17) is 0 Å². The van der Waals surface area contributed by atoms with Crippen LogP contribution in [0.5, 0.6) is 0 Å². The summed E-state index contributed by atoms with van der Waals surface area (Å²) < 4.78 is 11.4. The minimum Gasteiger partial charge on any atom is -0.480 e. The second-order valence-corrected chi connectivity index (χ2v) is 9.58. The number of benzene rings is 3. The number of carboxylic acid groups (broad SMARTS) is 1. The second-order valence-electron chi connectivity index (χ2n) is 7.94. The van der Waals surface area contributed by atoms with Crippen LogP contribution in [-0.2, 0) is 27.0 Å². The first-order valence-corrected chi connectivity index (χ1v) is 12.5. The molecule has 0 aromatic heterocycles. The molecule has 0 fully saturated rings. The molecule has 5 N–H and O–H groups in total. The lowest BCUT2D eigenvalue weighted by Gasteiger charge is -2.22. The minimum atomic E-state index is -4.43. The predicted octanol–water partition coefficient (Wildman–Crippen LogP) is 2.80. The molecule has 0 aliphatic rings. The highest BCUT2D eigenvalue weighted by atomic mass is 31.2. The molecule has 0 aliphatic carbocycles. The Kier molecular flexibility index (Phi) is 8.73. The molecular formula is C25H27N2O6P. The SMILES string of the molecule is O=C(N[C@@H](Cc1ccccc1)C(=O)O)C(Cc1ccc(-c2ccccc2)cc1)NCP(=O)(O)O. The van der Waals surface area contributed by atoms with E-state index >= 15 is 0 Å². The van der Waals surface area contributed by atoms with Crippen molar-refractivity contribution in [3.05, 3.63) is 96.1 Å². The van der Waals surface area contributed by atoms with Gasteiger partial charge >= 0.3 is 13.6 Å². The van der Waals surface area contributed by atoms with Gasteiger partial charge in [0.1, 0.15) is 6.04 Å². The van der Waals surface area contributed by atoms with Crippen LogP contribution in [0.4, 0.5) is 0 Å². The first-order valence-electron chi connectivity index (χ1n) is 10.7.